The lowest BCUT2D eigenvalue weighted by Crippen LogP contribution is -2.22. The standard InChI is InChI=1S/C20H17N3O4S2.C20H19N3O2S2/c1-13(2)29(26,27)22-19-9-10-28-20(19)15-5-3-14(4-6-15)18-11-17(23(24)25)8-7-16(18)12-21;1-13(2)27(24,25)23-19-9-10-26-20(19)15-5-3-14(4-6-15)18-11-17(22)8-7-16(18)12-21/h3-11,13,22H,1-2H3;3-11,13,23H,22H2,1-2H3. The molecule has 286 valence electrons. The highest BCUT2D eigenvalue weighted by molar-refractivity contribution is 7.93. The van der Waals surface area contributed by atoms with E-state index in [-0.39, 0.29) is 5.69 Å². The van der Waals surface area contributed by atoms with E-state index in [9.17, 15) is 37.5 Å². The van der Waals surface area contributed by atoms with Crippen LogP contribution in [0, 0.1) is 32.8 Å². The number of sulfonamides is 2. The summed E-state index contributed by atoms with van der Waals surface area (Å²) in [4.78, 5) is 12.2. The van der Waals surface area contributed by atoms with Crippen LogP contribution in [-0.2, 0) is 20.0 Å². The fourth-order valence-corrected chi connectivity index (χ4v) is 8.52. The monoisotopic (exact) mass is 824 g/mol. The Hall–Kier alpha value is -6.04. The number of hydrogen-bond acceptors (Lipinski definition) is 11. The highest BCUT2D eigenvalue weighted by Crippen LogP contribution is 2.38. The third kappa shape index (κ3) is 9.42. The first-order valence-corrected chi connectivity index (χ1v) is 21.8. The Morgan fingerprint density at radius 3 is 1.41 bits per heavy atom. The molecule has 2 heterocycles. The Morgan fingerprint density at radius 1 is 0.625 bits per heavy atom. The van der Waals surface area contributed by atoms with Crippen molar-refractivity contribution in [2.75, 3.05) is 15.2 Å². The number of rotatable bonds is 11. The Bertz CT molecular complexity index is 2690. The molecule has 0 saturated carbocycles. The first-order valence-electron chi connectivity index (χ1n) is 16.9. The van der Waals surface area contributed by atoms with Gasteiger partial charge in [-0.05, 0) is 97.1 Å². The number of nitro groups is 1. The smallest absolute Gasteiger partial charge is 0.270 e. The molecule has 0 amide bonds. The first-order chi connectivity index (χ1) is 26.5. The summed E-state index contributed by atoms with van der Waals surface area (Å²) in [5, 5.41) is 32.3. The van der Waals surface area contributed by atoms with Gasteiger partial charge in [0, 0.05) is 28.9 Å². The van der Waals surface area contributed by atoms with Gasteiger partial charge in [-0.15, -0.1) is 22.7 Å². The van der Waals surface area contributed by atoms with Crippen molar-refractivity contribution in [1.29, 1.82) is 10.5 Å². The number of thiophene rings is 2. The fraction of sp³-hybridized carbons (Fsp3) is 0.150. The van der Waals surface area contributed by atoms with Gasteiger partial charge in [0.2, 0.25) is 20.0 Å². The number of nitro benzene ring substituents is 1. The third-order valence-corrected chi connectivity index (χ3v) is 13.9. The van der Waals surface area contributed by atoms with Gasteiger partial charge in [-0.2, -0.15) is 10.5 Å². The first kappa shape index (κ1) is 41.1. The molecule has 0 aliphatic carbocycles. The summed E-state index contributed by atoms with van der Waals surface area (Å²) >= 11 is 2.87. The minimum absolute atomic E-state index is 0.0910. The highest BCUT2D eigenvalue weighted by Gasteiger charge is 2.20. The number of nitrogens with two attached hydrogens (primary N) is 1. The molecule has 6 rings (SSSR count). The van der Waals surface area contributed by atoms with Crippen molar-refractivity contribution < 1.29 is 21.8 Å². The number of non-ortho nitro benzene ring substituents is 1. The van der Waals surface area contributed by atoms with Crippen LogP contribution in [0.4, 0.5) is 22.7 Å². The van der Waals surface area contributed by atoms with Gasteiger partial charge in [0.05, 0.1) is 59.8 Å². The number of nitrogen functional groups attached to an aromatic ring is 1. The van der Waals surface area contributed by atoms with E-state index in [4.69, 9.17) is 5.73 Å². The molecule has 0 atom stereocenters. The van der Waals surface area contributed by atoms with Crippen LogP contribution in [0.15, 0.2) is 108 Å². The molecule has 0 spiro atoms. The number of hydrogen-bond donors (Lipinski definition) is 3. The zero-order valence-corrected chi connectivity index (χ0v) is 33.8. The molecule has 4 N–H and O–H groups in total. The Balaban J connectivity index is 0.000000215. The molecule has 0 aliphatic heterocycles. The summed E-state index contributed by atoms with van der Waals surface area (Å²) in [7, 11) is -6.88. The molecule has 0 bridgehead atoms. The van der Waals surface area contributed by atoms with Crippen molar-refractivity contribution in [3.8, 4) is 55.3 Å². The van der Waals surface area contributed by atoms with Crippen molar-refractivity contribution in [2.24, 2.45) is 0 Å². The number of nitrogens with one attached hydrogen (secondary N) is 2. The molecule has 12 nitrogen and oxygen atoms in total. The van der Waals surface area contributed by atoms with Crippen LogP contribution in [0.5, 0.6) is 0 Å². The minimum atomic E-state index is -3.47. The predicted molar refractivity (Wildman–Crippen MR) is 226 cm³/mol. The van der Waals surface area contributed by atoms with Crippen LogP contribution in [0.1, 0.15) is 38.8 Å². The minimum Gasteiger partial charge on any atom is -0.399 e. The second kappa shape index (κ2) is 17.2. The molecule has 6 aromatic rings. The highest BCUT2D eigenvalue weighted by atomic mass is 32.2. The van der Waals surface area contributed by atoms with Crippen molar-refractivity contribution in [3.05, 3.63) is 129 Å². The SMILES string of the molecule is CC(C)S(=O)(=O)Nc1ccsc1-c1ccc(-c2cc(N)ccc2C#N)cc1.CC(C)S(=O)(=O)Nc1ccsc1-c1ccc(-c2cc([N+](=O)[O-])ccc2C#N)cc1. The summed E-state index contributed by atoms with van der Waals surface area (Å²) in [5.41, 5.74) is 12.8. The second-order valence-corrected chi connectivity index (χ2v) is 19.2. The van der Waals surface area contributed by atoms with Gasteiger partial charge < -0.3 is 5.73 Å². The van der Waals surface area contributed by atoms with E-state index in [2.05, 4.69) is 21.6 Å². The largest absolute Gasteiger partial charge is 0.399 e. The van der Waals surface area contributed by atoms with Gasteiger partial charge in [-0.3, -0.25) is 19.6 Å². The molecule has 0 saturated heterocycles. The van der Waals surface area contributed by atoms with Crippen LogP contribution < -0.4 is 15.2 Å². The zero-order chi connectivity index (χ0) is 40.8. The van der Waals surface area contributed by atoms with Crippen molar-refractivity contribution in [3.63, 3.8) is 0 Å². The van der Waals surface area contributed by atoms with E-state index in [0.717, 1.165) is 32.0 Å². The van der Waals surface area contributed by atoms with Crippen molar-refractivity contribution in [2.45, 2.75) is 38.2 Å². The second-order valence-electron chi connectivity index (χ2n) is 12.9. The van der Waals surface area contributed by atoms with E-state index in [1.165, 1.54) is 40.9 Å². The Kier molecular flexibility index (Phi) is 12.6. The molecule has 56 heavy (non-hydrogen) atoms. The Labute approximate surface area is 333 Å². The maximum Gasteiger partial charge on any atom is 0.270 e. The van der Waals surface area contributed by atoms with E-state index < -0.39 is 35.5 Å². The lowest BCUT2D eigenvalue weighted by Gasteiger charge is -2.12. The van der Waals surface area contributed by atoms with E-state index in [1.54, 1.807) is 87.7 Å². The molecule has 0 radical (unpaired) electrons. The van der Waals surface area contributed by atoms with Gasteiger partial charge in [0.15, 0.2) is 0 Å². The topological polar surface area (TPSA) is 209 Å². The Morgan fingerprint density at radius 2 is 1.02 bits per heavy atom. The molecule has 4 aromatic carbocycles. The van der Waals surface area contributed by atoms with Crippen molar-refractivity contribution in [1.82, 2.24) is 0 Å². The van der Waals surface area contributed by atoms with Gasteiger partial charge in [0.25, 0.3) is 5.69 Å². The molecule has 2 aromatic heterocycles. The summed E-state index contributed by atoms with van der Waals surface area (Å²) in [6.07, 6.45) is 0. The van der Waals surface area contributed by atoms with Crippen LogP contribution >= 0.6 is 22.7 Å². The van der Waals surface area contributed by atoms with Crippen LogP contribution in [-0.4, -0.2) is 32.3 Å². The van der Waals surface area contributed by atoms with E-state index >= 15 is 0 Å². The lowest BCUT2D eigenvalue weighted by atomic mass is 9.98. The molecular weight excluding hydrogens is 789 g/mol. The number of nitrogens with zero attached hydrogens (tertiary/aromatic N) is 3. The third-order valence-electron chi connectivity index (χ3n) is 8.49. The van der Waals surface area contributed by atoms with E-state index in [0.29, 0.717) is 39.3 Å². The van der Waals surface area contributed by atoms with E-state index in [1.807, 2.05) is 29.6 Å². The summed E-state index contributed by atoms with van der Waals surface area (Å²) in [5.74, 6) is 0. The summed E-state index contributed by atoms with van der Waals surface area (Å²) in [6, 6.07) is 31.8. The molecule has 0 aliphatic rings. The average molecular weight is 825 g/mol. The zero-order valence-electron chi connectivity index (χ0n) is 30.5. The molecule has 0 fully saturated rings. The quantitative estimate of drug-likeness (QED) is 0.0644. The molecular formula is C40H36N6O6S4. The lowest BCUT2D eigenvalue weighted by molar-refractivity contribution is -0.384. The summed E-state index contributed by atoms with van der Waals surface area (Å²) < 4.78 is 54.0. The van der Waals surface area contributed by atoms with Crippen LogP contribution in [0.3, 0.4) is 0 Å². The molecule has 16 heteroatoms. The predicted octanol–water partition coefficient (Wildman–Crippen LogP) is 9.70. The van der Waals surface area contributed by atoms with Crippen LogP contribution in [0.25, 0.3) is 43.1 Å². The van der Waals surface area contributed by atoms with Gasteiger partial charge in [-0.25, -0.2) is 16.8 Å². The fourth-order valence-electron chi connectivity index (χ4n) is 5.25. The van der Waals surface area contributed by atoms with Gasteiger partial charge in [-0.1, -0.05) is 48.5 Å². The normalized spacial score (nSPS) is 11.3. The van der Waals surface area contributed by atoms with Gasteiger partial charge >= 0.3 is 0 Å². The number of benzene rings is 4. The number of nitriles is 2. The molecule has 0 unspecified atom stereocenters. The maximum atomic E-state index is 12.2. The maximum absolute atomic E-state index is 12.2. The van der Waals surface area contributed by atoms with Crippen LogP contribution in [0.2, 0.25) is 0 Å². The number of anilines is 3. The van der Waals surface area contributed by atoms with Gasteiger partial charge in [0.1, 0.15) is 0 Å². The van der Waals surface area contributed by atoms with Crippen molar-refractivity contribution >= 4 is 65.5 Å². The average Bonchev–Trinajstić information content (AvgIpc) is 3.83. The summed E-state index contributed by atoms with van der Waals surface area (Å²) in [6.45, 7) is 6.49.